The summed E-state index contributed by atoms with van der Waals surface area (Å²) in [5, 5.41) is 0. The molecule has 0 spiro atoms. The van der Waals surface area contributed by atoms with Crippen LogP contribution in [0.2, 0.25) is 0 Å². The van der Waals surface area contributed by atoms with Gasteiger partial charge in [0.1, 0.15) is 5.60 Å². The van der Waals surface area contributed by atoms with Crippen LogP contribution in [0.1, 0.15) is 26.3 Å². The van der Waals surface area contributed by atoms with Crippen molar-refractivity contribution in [2.24, 2.45) is 5.92 Å². The average Bonchev–Trinajstić information content (AvgIpc) is 2.36. The van der Waals surface area contributed by atoms with Crippen LogP contribution >= 0.6 is 0 Å². The van der Waals surface area contributed by atoms with Gasteiger partial charge in [0.25, 0.3) is 0 Å². The fraction of sp³-hybridized carbons (Fsp3) is 0.312. The number of benzene rings is 1. The molecule has 1 aromatic carbocycles. The minimum atomic E-state index is -0.545. The summed E-state index contributed by atoms with van der Waals surface area (Å²) in [5.41, 5.74) is 0.589. The molecule has 0 heterocycles. The normalized spacial score (nSPS) is 13.3. The Kier molecular flexibility index (Phi) is 4.90. The van der Waals surface area contributed by atoms with E-state index in [0.717, 1.165) is 5.56 Å². The molecule has 2 nitrogen and oxygen atoms in total. The molecule has 1 atom stereocenters. The van der Waals surface area contributed by atoms with E-state index in [-0.39, 0.29) is 11.9 Å². The van der Waals surface area contributed by atoms with Gasteiger partial charge in [-0.15, -0.1) is 0 Å². The lowest BCUT2D eigenvalue weighted by Crippen LogP contribution is -2.33. The van der Waals surface area contributed by atoms with Gasteiger partial charge in [-0.3, -0.25) is 0 Å². The highest BCUT2D eigenvalue weighted by Crippen LogP contribution is 2.23. The van der Waals surface area contributed by atoms with Crippen LogP contribution in [0, 0.1) is 5.92 Å². The Morgan fingerprint density at radius 1 is 1.33 bits per heavy atom. The number of carbonyl (C=O) groups excluding carboxylic acids is 1. The molecule has 0 aliphatic carbocycles. The Labute approximate surface area is 109 Å². The molecule has 0 fully saturated rings. The molecule has 0 saturated heterocycles. The van der Waals surface area contributed by atoms with E-state index in [4.69, 9.17) is 4.74 Å². The Hall–Kier alpha value is -1.83. The second-order valence-corrected chi connectivity index (χ2v) is 4.79. The van der Waals surface area contributed by atoms with Crippen LogP contribution in [0.5, 0.6) is 0 Å². The summed E-state index contributed by atoms with van der Waals surface area (Å²) in [6.45, 7) is 9.22. The largest absolute Gasteiger partial charge is 0.456 e. The molecular weight excluding hydrogens is 224 g/mol. The maximum absolute atomic E-state index is 11.2. The number of hydrogen-bond donors (Lipinski definition) is 0. The Balaban J connectivity index is 2.69. The predicted molar refractivity (Wildman–Crippen MR) is 75.0 cm³/mol. The number of esters is 1. The van der Waals surface area contributed by atoms with Gasteiger partial charge in [0, 0.05) is 12.0 Å². The van der Waals surface area contributed by atoms with Crippen molar-refractivity contribution in [3.8, 4) is 0 Å². The zero-order chi connectivity index (χ0) is 13.6. The van der Waals surface area contributed by atoms with Gasteiger partial charge in [-0.1, -0.05) is 56.0 Å². The first-order valence-electron chi connectivity index (χ1n) is 6.04. The van der Waals surface area contributed by atoms with Crippen LogP contribution in [0.3, 0.4) is 0 Å². The van der Waals surface area contributed by atoms with Crippen molar-refractivity contribution < 1.29 is 9.53 Å². The van der Waals surface area contributed by atoms with Crippen LogP contribution in [-0.2, 0) is 9.53 Å². The van der Waals surface area contributed by atoms with E-state index in [1.807, 2.05) is 63.3 Å². The third-order valence-corrected chi connectivity index (χ3v) is 3.00. The number of hydrogen-bond acceptors (Lipinski definition) is 2. The molecule has 0 radical (unpaired) electrons. The fourth-order valence-corrected chi connectivity index (χ4v) is 1.45. The van der Waals surface area contributed by atoms with Crippen molar-refractivity contribution in [1.82, 2.24) is 0 Å². The third kappa shape index (κ3) is 4.21. The molecule has 1 rings (SSSR count). The highest BCUT2D eigenvalue weighted by atomic mass is 16.6. The van der Waals surface area contributed by atoms with Crippen molar-refractivity contribution in [3.63, 3.8) is 0 Å². The summed E-state index contributed by atoms with van der Waals surface area (Å²) in [6, 6.07) is 10.0. The van der Waals surface area contributed by atoms with Gasteiger partial charge in [-0.05, 0) is 19.4 Å². The number of ether oxygens (including phenoxy) is 1. The topological polar surface area (TPSA) is 26.3 Å². The molecule has 0 aliphatic rings. The van der Waals surface area contributed by atoms with Gasteiger partial charge in [0.2, 0.25) is 0 Å². The highest BCUT2D eigenvalue weighted by molar-refractivity contribution is 5.81. The van der Waals surface area contributed by atoms with Crippen LogP contribution in [0.15, 0.2) is 49.1 Å². The van der Waals surface area contributed by atoms with Gasteiger partial charge in [-0.2, -0.15) is 0 Å². The second kappa shape index (κ2) is 6.20. The molecule has 1 aromatic rings. The Morgan fingerprint density at radius 3 is 2.50 bits per heavy atom. The van der Waals surface area contributed by atoms with Gasteiger partial charge >= 0.3 is 5.97 Å². The monoisotopic (exact) mass is 244 g/mol. The Bertz CT molecular complexity index is 430. The van der Waals surface area contributed by atoms with Crippen molar-refractivity contribution >= 4 is 12.0 Å². The first-order valence-corrected chi connectivity index (χ1v) is 6.04. The lowest BCUT2D eigenvalue weighted by molar-refractivity contribution is -0.153. The highest BCUT2D eigenvalue weighted by Gasteiger charge is 2.27. The molecule has 0 saturated carbocycles. The van der Waals surface area contributed by atoms with E-state index in [9.17, 15) is 4.79 Å². The smallest absolute Gasteiger partial charge is 0.330 e. The molecule has 18 heavy (non-hydrogen) atoms. The first-order chi connectivity index (χ1) is 8.45. The molecule has 0 amide bonds. The quantitative estimate of drug-likeness (QED) is 0.581. The lowest BCUT2D eigenvalue weighted by atomic mass is 9.91. The summed E-state index contributed by atoms with van der Waals surface area (Å²) in [6.07, 6.45) is 5.27. The molecule has 1 unspecified atom stereocenters. The van der Waals surface area contributed by atoms with Gasteiger partial charge in [-0.25, -0.2) is 4.79 Å². The van der Waals surface area contributed by atoms with Crippen molar-refractivity contribution in [2.75, 3.05) is 0 Å². The van der Waals surface area contributed by atoms with E-state index in [1.165, 1.54) is 6.08 Å². The number of carbonyl (C=O) groups is 1. The molecule has 0 aliphatic heterocycles. The van der Waals surface area contributed by atoms with Crippen LogP contribution in [0.25, 0.3) is 6.08 Å². The van der Waals surface area contributed by atoms with Crippen LogP contribution in [0.4, 0.5) is 0 Å². The molecule has 0 bridgehead atoms. The van der Waals surface area contributed by atoms with Crippen molar-refractivity contribution in [3.05, 3.63) is 54.6 Å². The van der Waals surface area contributed by atoms with E-state index in [0.29, 0.717) is 0 Å². The average molecular weight is 244 g/mol. The molecule has 2 heteroatoms. The molecule has 0 N–H and O–H groups in total. The maximum atomic E-state index is 11.2. The zero-order valence-corrected chi connectivity index (χ0v) is 11.2. The summed E-state index contributed by atoms with van der Waals surface area (Å²) in [4.78, 5) is 11.2. The molecule has 0 aromatic heterocycles. The maximum Gasteiger partial charge on any atom is 0.330 e. The van der Waals surface area contributed by atoms with E-state index < -0.39 is 5.60 Å². The fourth-order valence-electron chi connectivity index (χ4n) is 1.45. The van der Waals surface area contributed by atoms with E-state index in [2.05, 4.69) is 6.58 Å². The van der Waals surface area contributed by atoms with Crippen molar-refractivity contribution in [2.45, 2.75) is 26.4 Å². The van der Waals surface area contributed by atoms with Crippen LogP contribution in [-0.4, -0.2) is 11.6 Å². The zero-order valence-electron chi connectivity index (χ0n) is 11.2. The van der Waals surface area contributed by atoms with Gasteiger partial charge < -0.3 is 4.74 Å². The number of rotatable bonds is 5. The van der Waals surface area contributed by atoms with Gasteiger partial charge in [0.05, 0.1) is 0 Å². The molecular formula is C16H20O2. The van der Waals surface area contributed by atoms with Gasteiger partial charge in [0.15, 0.2) is 0 Å². The Morgan fingerprint density at radius 2 is 1.94 bits per heavy atom. The van der Waals surface area contributed by atoms with Crippen molar-refractivity contribution in [1.29, 1.82) is 0 Å². The third-order valence-electron chi connectivity index (χ3n) is 3.00. The minimum absolute atomic E-state index is 0.113. The summed E-state index contributed by atoms with van der Waals surface area (Å²) in [7, 11) is 0. The predicted octanol–water partition coefficient (Wildman–Crippen LogP) is 3.84. The molecule has 96 valence electrons. The second-order valence-electron chi connectivity index (χ2n) is 4.79. The van der Waals surface area contributed by atoms with E-state index in [1.54, 1.807) is 0 Å². The SMILES string of the molecule is C=CC(=O)OC(C)(C)C(C)C=Cc1ccccc1. The lowest BCUT2D eigenvalue weighted by Gasteiger charge is -2.29. The summed E-state index contributed by atoms with van der Waals surface area (Å²) >= 11 is 0. The summed E-state index contributed by atoms with van der Waals surface area (Å²) in [5.74, 6) is -0.276. The van der Waals surface area contributed by atoms with Crippen LogP contribution < -0.4 is 0 Å². The first kappa shape index (κ1) is 14.2. The summed E-state index contributed by atoms with van der Waals surface area (Å²) < 4.78 is 5.33. The van der Waals surface area contributed by atoms with E-state index >= 15 is 0 Å². The minimum Gasteiger partial charge on any atom is -0.456 e. The standard InChI is InChI=1S/C16H20O2/c1-5-15(17)18-16(3,4)13(2)11-12-14-9-7-6-8-10-14/h5-13H,1H2,2-4H3.